The second-order valence-corrected chi connectivity index (χ2v) is 12.4. The van der Waals surface area contributed by atoms with Gasteiger partial charge in [-0.1, -0.05) is 119 Å². The Labute approximate surface area is 278 Å². The van der Waals surface area contributed by atoms with E-state index in [1.807, 2.05) is 74.5 Å². The van der Waals surface area contributed by atoms with Crippen molar-refractivity contribution in [1.29, 1.82) is 0 Å². The van der Waals surface area contributed by atoms with E-state index in [0.717, 1.165) is 60.3 Å². The summed E-state index contributed by atoms with van der Waals surface area (Å²) in [7, 11) is 1.41. The monoisotopic (exact) mass is 638 g/mol. The molecular weight excluding hydrogens is 592 g/mol. The Morgan fingerprint density at radius 3 is 1.77 bits per heavy atom. The normalized spacial score (nSPS) is 13.7. The van der Waals surface area contributed by atoms with E-state index in [1.54, 1.807) is 24.3 Å². The summed E-state index contributed by atoms with van der Waals surface area (Å²) in [6.07, 6.45) is 6.86. The van der Waals surface area contributed by atoms with Crippen LogP contribution >= 0.6 is 0 Å². The largest absolute Gasteiger partial charge is 0.469 e. The first kappa shape index (κ1) is 35.3. The number of esters is 2. The number of hydrogen-bond acceptors (Lipinski definition) is 7. The molecule has 4 rings (SSSR count). The van der Waals surface area contributed by atoms with Crippen molar-refractivity contribution in [2.45, 2.75) is 83.7 Å². The van der Waals surface area contributed by atoms with Crippen LogP contribution in [0.5, 0.6) is 0 Å². The van der Waals surface area contributed by atoms with E-state index >= 15 is 0 Å². The zero-order valence-corrected chi connectivity index (χ0v) is 27.7. The van der Waals surface area contributed by atoms with Crippen molar-refractivity contribution < 1.29 is 28.7 Å². The summed E-state index contributed by atoms with van der Waals surface area (Å²) in [4.78, 5) is 57.5. The van der Waals surface area contributed by atoms with E-state index in [0.29, 0.717) is 24.0 Å². The molecule has 0 spiro atoms. The number of hydrogen-bond donors (Lipinski definition) is 0. The highest BCUT2D eigenvalue weighted by Crippen LogP contribution is 2.27. The molecule has 47 heavy (non-hydrogen) atoms. The zero-order valence-electron chi connectivity index (χ0n) is 27.7. The number of rotatable bonds is 18. The fourth-order valence-corrected chi connectivity index (χ4v) is 5.88. The van der Waals surface area contributed by atoms with Crippen molar-refractivity contribution in [2.75, 3.05) is 13.7 Å². The van der Waals surface area contributed by atoms with Crippen LogP contribution in [0.3, 0.4) is 0 Å². The molecule has 8 nitrogen and oxygen atoms in total. The van der Waals surface area contributed by atoms with Gasteiger partial charge in [-0.15, -0.1) is 0 Å². The molecule has 8 heteroatoms. The van der Waals surface area contributed by atoms with Gasteiger partial charge in [0.2, 0.25) is 0 Å². The minimum atomic E-state index is -0.938. The number of amides is 2. The van der Waals surface area contributed by atoms with Crippen molar-refractivity contribution in [3.05, 3.63) is 107 Å². The van der Waals surface area contributed by atoms with Crippen LogP contribution in [-0.2, 0) is 19.1 Å². The molecule has 1 aliphatic rings. The molecule has 1 heterocycles. The quantitative estimate of drug-likeness (QED) is 0.0621. The second-order valence-electron chi connectivity index (χ2n) is 12.4. The SMILES string of the molecule is COC(=O)CC(CCCCCCCCOC(=O)[C@H](CC(C)C)N1C(=O)c2ccccc2C1=O)N=C(c1ccccc1)c1ccccc1. The van der Waals surface area contributed by atoms with Crippen LogP contribution < -0.4 is 0 Å². The average molecular weight is 639 g/mol. The predicted octanol–water partition coefficient (Wildman–Crippen LogP) is 7.44. The van der Waals surface area contributed by atoms with Crippen molar-refractivity contribution in [2.24, 2.45) is 10.9 Å². The molecule has 0 fully saturated rings. The van der Waals surface area contributed by atoms with Crippen molar-refractivity contribution in [1.82, 2.24) is 4.90 Å². The van der Waals surface area contributed by atoms with Crippen LogP contribution in [0.25, 0.3) is 0 Å². The van der Waals surface area contributed by atoms with E-state index in [-0.39, 0.29) is 31.0 Å². The number of nitrogens with zero attached hydrogens (tertiary/aromatic N) is 2. The second kappa shape index (κ2) is 17.9. The lowest BCUT2D eigenvalue weighted by Gasteiger charge is -2.26. The minimum Gasteiger partial charge on any atom is -0.469 e. The molecule has 3 aromatic carbocycles. The van der Waals surface area contributed by atoms with Crippen LogP contribution in [0, 0.1) is 5.92 Å². The molecular formula is C39H46N2O6. The molecule has 0 saturated carbocycles. The number of ether oxygens (including phenoxy) is 2. The van der Waals surface area contributed by atoms with Gasteiger partial charge >= 0.3 is 11.9 Å². The Morgan fingerprint density at radius 2 is 1.23 bits per heavy atom. The molecule has 2 amide bonds. The lowest BCUT2D eigenvalue weighted by Crippen LogP contribution is -2.46. The van der Waals surface area contributed by atoms with Crippen molar-refractivity contribution in [3.8, 4) is 0 Å². The third-order valence-corrected chi connectivity index (χ3v) is 8.32. The Morgan fingerprint density at radius 1 is 0.723 bits per heavy atom. The summed E-state index contributed by atoms with van der Waals surface area (Å²) >= 11 is 0. The van der Waals surface area contributed by atoms with E-state index in [2.05, 4.69) is 0 Å². The Hall–Kier alpha value is -4.59. The van der Waals surface area contributed by atoms with Gasteiger partial charge in [0.1, 0.15) is 6.04 Å². The molecule has 0 aliphatic carbocycles. The summed E-state index contributed by atoms with van der Waals surface area (Å²) in [5, 5.41) is 0. The molecule has 0 radical (unpaired) electrons. The van der Waals surface area contributed by atoms with E-state index in [9.17, 15) is 19.2 Å². The predicted molar refractivity (Wildman–Crippen MR) is 182 cm³/mol. The zero-order chi connectivity index (χ0) is 33.6. The first-order valence-corrected chi connectivity index (χ1v) is 16.7. The van der Waals surface area contributed by atoms with Crippen LogP contribution in [0.1, 0.15) is 103 Å². The summed E-state index contributed by atoms with van der Waals surface area (Å²) in [5.41, 5.74) is 3.54. The first-order valence-electron chi connectivity index (χ1n) is 16.7. The third-order valence-electron chi connectivity index (χ3n) is 8.32. The Bertz CT molecular complexity index is 1440. The molecule has 2 atom stereocenters. The maximum Gasteiger partial charge on any atom is 0.329 e. The highest BCUT2D eigenvalue weighted by atomic mass is 16.5. The molecule has 0 saturated heterocycles. The topological polar surface area (TPSA) is 102 Å². The lowest BCUT2D eigenvalue weighted by atomic mass is 10.00. The van der Waals surface area contributed by atoms with Crippen LogP contribution in [0.2, 0.25) is 0 Å². The standard InChI is InChI=1S/C39H46N2O6/c1-28(2)26-34(41-37(43)32-23-15-16-24-33(32)38(41)44)39(45)47-25-17-7-5-4-6-14-22-31(27-35(42)46-3)40-36(29-18-10-8-11-19-29)30-20-12-9-13-21-30/h8-13,15-16,18-21,23-24,28,31,34H,4-7,14,17,22,25-27H2,1-3H3/t31?,34-/m0/s1. The summed E-state index contributed by atoms with van der Waals surface area (Å²) in [6, 6.07) is 25.6. The molecule has 0 bridgehead atoms. The minimum absolute atomic E-state index is 0.0954. The van der Waals surface area contributed by atoms with Gasteiger partial charge in [0, 0.05) is 11.1 Å². The van der Waals surface area contributed by atoms with Crippen molar-refractivity contribution >= 4 is 29.5 Å². The lowest BCUT2D eigenvalue weighted by molar-refractivity contribution is -0.149. The van der Waals surface area contributed by atoms with E-state index in [4.69, 9.17) is 14.5 Å². The number of aliphatic imine (C=N–C) groups is 1. The van der Waals surface area contributed by atoms with E-state index in [1.165, 1.54) is 7.11 Å². The highest BCUT2D eigenvalue weighted by molar-refractivity contribution is 6.22. The molecule has 1 aliphatic heterocycles. The molecule has 0 aromatic heterocycles. The van der Waals surface area contributed by atoms with Crippen LogP contribution in [-0.4, -0.2) is 60.2 Å². The fourth-order valence-electron chi connectivity index (χ4n) is 5.88. The Kier molecular flexibility index (Phi) is 13.5. The van der Waals surface area contributed by atoms with Gasteiger partial charge in [0.05, 0.1) is 43.0 Å². The van der Waals surface area contributed by atoms with Gasteiger partial charge in [-0.05, 0) is 37.3 Å². The van der Waals surface area contributed by atoms with Gasteiger partial charge in [-0.25, -0.2) is 4.79 Å². The molecule has 0 N–H and O–H groups in total. The number of imide groups is 1. The molecule has 3 aromatic rings. The summed E-state index contributed by atoms with van der Waals surface area (Å²) in [5.74, 6) is -1.59. The van der Waals surface area contributed by atoms with Gasteiger partial charge in [-0.2, -0.15) is 0 Å². The van der Waals surface area contributed by atoms with Crippen LogP contribution in [0.4, 0.5) is 0 Å². The molecule has 248 valence electrons. The number of methoxy groups -OCH3 is 1. The van der Waals surface area contributed by atoms with E-state index < -0.39 is 23.8 Å². The van der Waals surface area contributed by atoms with Gasteiger partial charge in [0.25, 0.3) is 11.8 Å². The first-order chi connectivity index (χ1) is 22.8. The van der Waals surface area contributed by atoms with Gasteiger partial charge < -0.3 is 9.47 Å². The Balaban J connectivity index is 1.23. The maximum atomic E-state index is 13.1. The number of carbonyl (C=O) groups is 4. The average Bonchev–Trinajstić information content (AvgIpc) is 3.34. The summed E-state index contributed by atoms with van der Waals surface area (Å²) in [6.45, 7) is 4.15. The number of unbranched alkanes of at least 4 members (excludes halogenated alkanes) is 5. The summed E-state index contributed by atoms with van der Waals surface area (Å²) < 4.78 is 10.6. The number of carbonyl (C=O) groups excluding carboxylic acids is 4. The van der Waals surface area contributed by atoms with Crippen LogP contribution in [0.15, 0.2) is 89.9 Å². The van der Waals surface area contributed by atoms with Gasteiger partial charge in [0.15, 0.2) is 0 Å². The molecule has 1 unspecified atom stereocenters. The highest BCUT2D eigenvalue weighted by Gasteiger charge is 2.43. The number of benzene rings is 3. The number of fused-ring (bicyclic) bond motifs is 1. The smallest absolute Gasteiger partial charge is 0.329 e. The maximum absolute atomic E-state index is 13.1. The fraction of sp³-hybridized carbons (Fsp3) is 0.410. The van der Waals surface area contributed by atoms with Gasteiger partial charge in [-0.3, -0.25) is 24.3 Å². The third kappa shape index (κ3) is 9.95. The van der Waals surface area contributed by atoms with Crippen molar-refractivity contribution in [3.63, 3.8) is 0 Å².